The average Bonchev–Trinajstić information content (AvgIpc) is 3.09. The maximum absolute atomic E-state index is 12.0. The van der Waals surface area contributed by atoms with Crippen LogP contribution in [0.25, 0.3) is 10.6 Å². The minimum absolute atomic E-state index is 0.0652. The van der Waals surface area contributed by atoms with Gasteiger partial charge in [0.25, 0.3) is 5.91 Å². The van der Waals surface area contributed by atoms with E-state index in [-0.39, 0.29) is 6.42 Å². The zero-order valence-corrected chi connectivity index (χ0v) is 15.4. The van der Waals surface area contributed by atoms with Crippen LogP contribution >= 0.6 is 11.3 Å². The lowest BCUT2D eigenvalue weighted by Crippen LogP contribution is -2.43. The molecule has 2 aromatic rings. The molecule has 1 heterocycles. The molecule has 2 rings (SSSR count). The van der Waals surface area contributed by atoms with Crippen molar-refractivity contribution in [2.24, 2.45) is 0 Å². The second-order valence-electron chi connectivity index (χ2n) is 5.25. The molecule has 0 unspecified atom stereocenters. The van der Waals surface area contributed by atoms with Gasteiger partial charge in [0.2, 0.25) is 0 Å². The summed E-state index contributed by atoms with van der Waals surface area (Å²) >= 11 is 1.40. The first kappa shape index (κ1) is 19.4. The lowest BCUT2D eigenvalue weighted by molar-refractivity contribution is -0.153. The third-order valence-electron chi connectivity index (χ3n) is 3.36. The van der Waals surface area contributed by atoms with E-state index in [1.54, 1.807) is 12.5 Å². The first-order valence-corrected chi connectivity index (χ1v) is 8.61. The molecule has 0 radical (unpaired) electrons. The number of rotatable bonds is 6. The maximum Gasteiger partial charge on any atom is 0.321 e. The zero-order valence-electron chi connectivity index (χ0n) is 14.6. The first-order chi connectivity index (χ1) is 12.4. The van der Waals surface area contributed by atoms with Crippen molar-refractivity contribution in [3.05, 3.63) is 35.3 Å². The largest absolute Gasteiger partial charge is 0.497 e. The summed E-state index contributed by atoms with van der Waals surface area (Å²) < 4.78 is 10.1. The Labute approximate surface area is 154 Å². The number of carbonyl (C=O) groups excluding carboxylic acids is 3. The van der Waals surface area contributed by atoms with Gasteiger partial charge in [-0.25, -0.2) is 9.78 Å². The van der Waals surface area contributed by atoms with Gasteiger partial charge in [0.1, 0.15) is 10.8 Å². The van der Waals surface area contributed by atoms with Crippen molar-refractivity contribution in [2.45, 2.75) is 19.4 Å². The van der Waals surface area contributed by atoms with Gasteiger partial charge >= 0.3 is 12.0 Å². The van der Waals surface area contributed by atoms with Crippen molar-refractivity contribution >= 4 is 29.2 Å². The normalized spacial score (nSPS) is 11.3. The van der Waals surface area contributed by atoms with E-state index in [0.717, 1.165) is 16.3 Å². The van der Waals surface area contributed by atoms with Crippen molar-refractivity contribution in [2.75, 3.05) is 14.2 Å². The molecule has 26 heavy (non-hydrogen) atoms. The van der Waals surface area contributed by atoms with Crippen LogP contribution in [0.1, 0.15) is 12.6 Å². The predicted molar refractivity (Wildman–Crippen MR) is 96.0 cm³/mol. The summed E-state index contributed by atoms with van der Waals surface area (Å²) in [6.45, 7) is 1.39. The highest BCUT2D eigenvalue weighted by Gasteiger charge is 2.20. The summed E-state index contributed by atoms with van der Waals surface area (Å²) in [5.41, 5.74) is 1.46. The number of benzene rings is 1. The number of ether oxygens (including phenoxy) is 2. The van der Waals surface area contributed by atoms with E-state index >= 15 is 0 Å². The summed E-state index contributed by atoms with van der Waals surface area (Å²) in [7, 11) is 2.97. The van der Waals surface area contributed by atoms with Gasteiger partial charge in [-0.3, -0.25) is 14.9 Å². The molecule has 0 saturated carbocycles. The Morgan fingerprint density at radius 1 is 1.23 bits per heavy atom. The number of nitrogens with zero attached hydrogens (tertiary/aromatic N) is 1. The molecule has 1 atom stereocenters. The first-order valence-electron chi connectivity index (χ1n) is 7.73. The molecule has 0 fully saturated rings. The van der Waals surface area contributed by atoms with E-state index in [1.165, 1.54) is 25.3 Å². The number of methoxy groups -OCH3 is 1. The number of aromatic nitrogens is 1. The van der Waals surface area contributed by atoms with Crippen molar-refractivity contribution in [3.63, 3.8) is 0 Å². The average molecular weight is 377 g/mol. The summed E-state index contributed by atoms with van der Waals surface area (Å²) in [5, 5.41) is 6.81. The van der Waals surface area contributed by atoms with Gasteiger partial charge in [0, 0.05) is 18.0 Å². The highest BCUT2D eigenvalue weighted by Crippen LogP contribution is 2.25. The molecule has 0 aliphatic heterocycles. The van der Waals surface area contributed by atoms with E-state index in [0.29, 0.717) is 5.69 Å². The van der Waals surface area contributed by atoms with Crippen molar-refractivity contribution in [1.29, 1.82) is 0 Å². The number of nitrogens with one attached hydrogen (secondary N) is 2. The summed E-state index contributed by atoms with van der Waals surface area (Å²) in [6.07, 6.45) is -1.15. The highest BCUT2D eigenvalue weighted by molar-refractivity contribution is 7.13. The molecule has 138 valence electrons. The minimum atomic E-state index is -1.08. The predicted octanol–water partition coefficient (Wildman–Crippen LogP) is 1.75. The van der Waals surface area contributed by atoms with Crippen LogP contribution in [0.15, 0.2) is 29.6 Å². The Kier molecular flexibility index (Phi) is 6.67. The number of thiazole rings is 1. The summed E-state index contributed by atoms with van der Waals surface area (Å²) in [5.74, 6) is -0.552. The molecular formula is C17H19N3O5S. The molecular weight excluding hydrogens is 358 g/mol. The SMILES string of the molecule is CNC(=O)NC(=O)[C@@H](C)OC(=O)Cc1csc(-c2ccc(OC)cc2)n1. The van der Waals surface area contributed by atoms with Crippen molar-refractivity contribution in [3.8, 4) is 16.3 Å². The van der Waals surface area contributed by atoms with Crippen LogP contribution in [-0.2, 0) is 20.7 Å². The molecule has 1 aromatic carbocycles. The Hall–Kier alpha value is -2.94. The van der Waals surface area contributed by atoms with Crippen LogP contribution < -0.4 is 15.4 Å². The van der Waals surface area contributed by atoms with Gasteiger partial charge in [-0.05, 0) is 31.2 Å². The lowest BCUT2D eigenvalue weighted by Gasteiger charge is -2.12. The van der Waals surface area contributed by atoms with Crippen LogP contribution in [-0.4, -0.2) is 43.2 Å². The maximum atomic E-state index is 12.0. The molecule has 8 nitrogen and oxygen atoms in total. The van der Waals surface area contributed by atoms with Crippen LogP contribution in [0.3, 0.4) is 0 Å². The van der Waals surface area contributed by atoms with Gasteiger partial charge in [-0.2, -0.15) is 0 Å². The number of carbonyl (C=O) groups is 3. The smallest absolute Gasteiger partial charge is 0.321 e. The fourth-order valence-electron chi connectivity index (χ4n) is 1.97. The highest BCUT2D eigenvalue weighted by atomic mass is 32.1. The zero-order chi connectivity index (χ0) is 19.1. The van der Waals surface area contributed by atoms with Gasteiger partial charge in [-0.1, -0.05) is 0 Å². The Bertz CT molecular complexity index is 788. The fourth-order valence-corrected chi connectivity index (χ4v) is 2.80. The van der Waals surface area contributed by atoms with E-state index in [4.69, 9.17) is 9.47 Å². The second-order valence-corrected chi connectivity index (χ2v) is 6.11. The monoisotopic (exact) mass is 377 g/mol. The lowest BCUT2D eigenvalue weighted by atomic mass is 10.2. The molecule has 1 aromatic heterocycles. The number of imide groups is 1. The summed E-state index contributed by atoms with van der Waals surface area (Å²) in [4.78, 5) is 39.1. The Morgan fingerprint density at radius 3 is 2.54 bits per heavy atom. The minimum Gasteiger partial charge on any atom is -0.497 e. The summed E-state index contributed by atoms with van der Waals surface area (Å²) in [6, 6.07) is 6.76. The number of hydrogen-bond donors (Lipinski definition) is 2. The quantitative estimate of drug-likeness (QED) is 0.743. The second kappa shape index (κ2) is 8.95. The van der Waals surface area contributed by atoms with Crippen LogP contribution in [0, 0.1) is 0 Å². The molecule has 0 saturated heterocycles. The molecule has 0 aliphatic rings. The molecule has 2 N–H and O–H groups in total. The van der Waals surface area contributed by atoms with Crippen molar-refractivity contribution < 1.29 is 23.9 Å². The van der Waals surface area contributed by atoms with Crippen LogP contribution in [0.2, 0.25) is 0 Å². The number of esters is 1. The van der Waals surface area contributed by atoms with Crippen LogP contribution in [0.5, 0.6) is 5.75 Å². The van der Waals surface area contributed by atoms with E-state index in [9.17, 15) is 14.4 Å². The van der Waals surface area contributed by atoms with E-state index < -0.39 is 24.0 Å². The number of urea groups is 1. The number of amides is 3. The third-order valence-corrected chi connectivity index (χ3v) is 4.30. The standard InChI is InChI=1S/C17H19N3O5S/c1-10(15(22)20-17(23)18-2)25-14(21)8-12-9-26-16(19-12)11-4-6-13(24-3)7-5-11/h4-7,9-10H,8H2,1-3H3,(H2,18,20,22,23)/t10-/m1/s1. The molecule has 0 aliphatic carbocycles. The van der Waals surface area contributed by atoms with Gasteiger partial charge in [0.15, 0.2) is 6.10 Å². The van der Waals surface area contributed by atoms with Gasteiger partial charge in [-0.15, -0.1) is 11.3 Å². The molecule has 0 spiro atoms. The third kappa shape index (κ3) is 5.28. The van der Waals surface area contributed by atoms with E-state index in [1.807, 2.05) is 29.6 Å². The number of hydrogen-bond acceptors (Lipinski definition) is 7. The molecule has 3 amide bonds. The topological polar surface area (TPSA) is 107 Å². The Morgan fingerprint density at radius 2 is 1.92 bits per heavy atom. The van der Waals surface area contributed by atoms with Gasteiger partial charge < -0.3 is 14.8 Å². The molecule has 0 bridgehead atoms. The Balaban J connectivity index is 1.92. The van der Waals surface area contributed by atoms with Crippen molar-refractivity contribution in [1.82, 2.24) is 15.6 Å². The fraction of sp³-hybridized carbons (Fsp3) is 0.294. The van der Waals surface area contributed by atoms with E-state index in [2.05, 4.69) is 10.3 Å². The van der Waals surface area contributed by atoms with Gasteiger partial charge in [0.05, 0.1) is 19.2 Å². The molecule has 9 heteroatoms. The van der Waals surface area contributed by atoms with Crippen LogP contribution in [0.4, 0.5) is 4.79 Å².